The van der Waals surface area contributed by atoms with Gasteiger partial charge in [0, 0.05) is 6.07 Å². The second kappa shape index (κ2) is 6.14. The van der Waals surface area contributed by atoms with Crippen molar-refractivity contribution >= 4 is 5.97 Å². The van der Waals surface area contributed by atoms with Crippen molar-refractivity contribution in [2.24, 2.45) is 0 Å². The summed E-state index contributed by atoms with van der Waals surface area (Å²) < 4.78 is 49.8. The van der Waals surface area contributed by atoms with Gasteiger partial charge in [0.25, 0.3) is 0 Å². The molecule has 0 unspecified atom stereocenters. The Hall–Kier alpha value is -2.43. The fourth-order valence-corrected chi connectivity index (χ4v) is 1.46. The Labute approximate surface area is 112 Å². The van der Waals surface area contributed by atoms with Crippen molar-refractivity contribution in [2.45, 2.75) is 13.3 Å². The third kappa shape index (κ3) is 3.78. The molecule has 0 amide bonds. The molecule has 0 spiro atoms. The number of carbonyl (C=O) groups excluding carboxylic acids is 1. The number of hydrogen-bond acceptors (Lipinski definition) is 5. The van der Waals surface area contributed by atoms with Gasteiger partial charge in [-0.1, -0.05) is 0 Å². The average molecular weight is 289 g/mol. The number of halogens is 3. The van der Waals surface area contributed by atoms with E-state index in [4.69, 9.17) is 10.00 Å². The predicted octanol–water partition coefficient (Wildman–Crippen LogP) is 2.64. The first-order chi connectivity index (χ1) is 9.32. The van der Waals surface area contributed by atoms with E-state index in [0.717, 1.165) is 12.1 Å². The minimum Gasteiger partial charge on any atom is -0.494 e. The molecule has 0 saturated heterocycles. The van der Waals surface area contributed by atoms with Crippen LogP contribution in [0.3, 0.4) is 0 Å². The van der Waals surface area contributed by atoms with E-state index in [0.29, 0.717) is 0 Å². The van der Waals surface area contributed by atoms with Crippen molar-refractivity contribution in [3.8, 4) is 17.6 Å². The topological polar surface area (TPSA) is 68.5 Å². The van der Waals surface area contributed by atoms with Crippen molar-refractivity contribution in [1.29, 1.82) is 5.26 Å². The van der Waals surface area contributed by atoms with Gasteiger partial charge in [-0.3, -0.25) is 0 Å². The molecule has 0 fully saturated rings. The van der Waals surface area contributed by atoms with Gasteiger partial charge in [-0.25, -0.2) is 4.79 Å². The van der Waals surface area contributed by atoms with Gasteiger partial charge in [0.15, 0.2) is 5.75 Å². The van der Waals surface area contributed by atoms with E-state index < -0.39 is 18.1 Å². The summed E-state index contributed by atoms with van der Waals surface area (Å²) in [5.74, 6) is -1.77. The number of nitriles is 1. The Balaban J connectivity index is 3.35. The SMILES string of the molecule is CCOC(=O)c1cc(OC(F)(F)F)cc(C#N)c1OC. The van der Waals surface area contributed by atoms with Crippen LogP contribution in [0.2, 0.25) is 0 Å². The number of methoxy groups -OCH3 is 1. The average Bonchev–Trinajstić information content (AvgIpc) is 2.35. The van der Waals surface area contributed by atoms with Gasteiger partial charge in [0.1, 0.15) is 17.4 Å². The number of esters is 1. The van der Waals surface area contributed by atoms with Gasteiger partial charge in [0.05, 0.1) is 19.3 Å². The Morgan fingerprint density at radius 3 is 2.50 bits per heavy atom. The quantitative estimate of drug-likeness (QED) is 0.797. The van der Waals surface area contributed by atoms with Crippen molar-refractivity contribution in [3.05, 3.63) is 23.3 Å². The van der Waals surface area contributed by atoms with Crippen molar-refractivity contribution in [1.82, 2.24) is 0 Å². The lowest BCUT2D eigenvalue weighted by Gasteiger charge is -2.13. The maximum Gasteiger partial charge on any atom is 0.573 e. The van der Waals surface area contributed by atoms with Gasteiger partial charge in [-0.2, -0.15) is 5.26 Å². The molecule has 1 aromatic rings. The Morgan fingerprint density at radius 2 is 2.05 bits per heavy atom. The summed E-state index contributed by atoms with van der Waals surface area (Å²) in [5.41, 5.74) is -0.579. The Kier molecular flexibility index (Phi) is 4.80. The zero-order valence-corrected chi connectivity index (χ0v) is 10.6. The van der Waals surface area contributed by atoms with Crippen molar-refractivity contribution < 1.29 is 32.2 Å². The molecule has 20 heavy (non-hydrogen) atoms. The standard InChI is InChI=1S/C12H10F3NO4/c1-3-19-11(17)9-5-8(20-12(13,14)15)4-7(6-16)10(9)18-2/h4-5H,3H2,1-2H3. The van der Waals surface area contributed by atoms with E-state index in [2.05, 4.69) is 9.47 Å². The molecule has 0 aliphatic rings. The van der Waals surface area contributed by atoms with Gasteiger partial charge in [-0.15, -0.1) is 13.2 Å². The molecular weight excluding hydrogens is 279 g/mol. The molecule has 0 saturated carbocycles. The normalized spacial score (nSPS) is 10.6. The Morgan fingerprint density at radius 1 is 1.40 bits per heavy atom. The predicted molar refractivity (Wildman–Crippen MR) is 60.3 cm³/mol. The second-order valence-electron chi connectivity index (χ2n) is 3.43. The second-order valence-corrected chi connectivity index (χ2v) is 3.43. The lowest BCUT2D eigenvalue weighted by atomic mass is 10.1. The molecule has 0 aliphatic heterocycles. The third-order valence-corrected chi connectivity index (χ3v) is 2.12. The summed E-state index contributed by atoms with van der Waals surface area (Å²) in [4.78, 5) is 11.7. The molecule has 0 aliphatic carbocycles. The summed E-state index contributed by atoms with van der Waals surface area (Å²) in [5, 5.41) is 8.89. The summed E-state index contributed by atoms with van der Waals surface area (Å²) in [6.07, 6.45) is -4.94. The molecule has 0 atom stereocenters. The minimum absolute atomic E-state index is 0.0221. The maximum absolute atomic E-state index is 12.2. The smallest absolute Gasteiger partial charge is 0.494 e. The first-order valence-electron chi connectivity index (χ1n) is 5.37. The molecule has 8 heteroatoms. The lowest BCUT2D eigenvalue weighted by Crippen LogP contribution is -2.18. The highest BCUT2D eigenvalue weighted by molar-refractivity contribution is 5.94. The highest BCUT2D eigenvalue weighted by Crippen LogP contribution is 2.32. The maximum atomic E-state index is 12.2. The number of hydrogen-bond donors (Lipinski definition) is 0. The largest absolute Gasteiger partial charge is 0.573 e. The van der Waals surface area contributed by atoms with Crippen LogP contribution < -0.4 is 9.47 Å². The molecule has 0 aromatic heterocycles. The van der Waals surface area contributed by atoms with Crippen LogP contribution in [0.25, 0.3) is 0 Å². The third-order valence-electron chi connectivity index (χ3n) is 2.12. The highest BCUT2D eigenvalue weighted by atomic mass is 19.4. The van der Waals surface area contributed by atoms with Gasteiger partial charge in [0.2, 0.25) is 0 Å². The molecule has 0 heterocycles. The molecule has 5 nitrogen and oxygen atoms in total. The lowest BCUT2D eigenvalue weighted by molar-refractivity contribution is -0.274. The van der Waals surface area contributed by atoms with E-state index in [1.165, 1.54) is 14.0 Å². The molecule has 0 N–H and O–H groups in total. The fraction of sp³-hybridized carbons (Fsp3) is 0.333. The number of carbonyl (C=O) groups is 1. The van der Waals surface area contributed by atoms with Crippen LogP contribution in [0.4, 0.5) is 13.2 Å². The zero-order chi connectivity index (χ0) is 15.3. The van der Waals surface area contributed by atoms with Gasteiger partial charge in [-0.05, 0) is 13.0 Å². The first kappa shape index (κ1) is 15.6. The van der Waals surface area contributed by atoms with E-state index in [1.54, 1.807) is 6.07 Å². The number of nitrogens with zero attached hydrogens (tertiary/aromatic N) is 1. The Bertz CT molecular complexity index is 549. The van der Waals surface area contributed by atoms with E-state index >= 15 is 0 Å². The van der Waals surface area contributed by atoms with Crippen molar-refractivity contribution in [3.63, 3.8) is 0 Å². The summed E-state index contributed by atoms with van der Waals surface area (Å²) in [7, 11) is 1.18. The van der Waals surface area contributed by atoms with Crippen LogP contribution in [0.15, 0.2) is 12.1 Å². The minimum atomic E-state index is -4.94. The number of benzene rings is 1. The van der Waals surface area contributed by atoms with E-state index in [-0.39, 0.29) is 23.5 Å². The van der Waals surface area contributed by atoms with Crippen LogP contribution in [0, 0.1) is 11.3 Å². The molecule has 0 radical (unpaired) electrons. The van der Waals surface area contributed by atoms with Crippen LogP contribution in [0.1, 0.15) is 22.8 Å². The van der Waals surface area contributed by atoms with E-state index in [1.807, 2.05) is 0 Å². The molecule has 1 aromatic carbocycles. The van der Waals surface area contributed by atoms with Gasteiger partial charge < -0.3 is 14.2 Å². The van der Waals surface area contributed by atoms with Crippen LogP contribution in [0.5, 0.6) is 11.5 Å². The highest BCUT2D eigenvalue weighted by Gasteiger charge is 2.32. The molecular formula is C12H10F3NO4. The molecule has 1 rings (SSSR count). The number of alkyl halides is 3. The zero-order valence-electron chi connectivity index (χ0n) is 10.6. The van der Waals surface area contributed by atoms with E-state index in [9.17, 15) is 18.0 Å². The van der Waals surface area contributed by atoms with Crippen LogP contribution >= 0.6 is 0 Å². The number of ether oxygens (including phenoxy) is 3. The number of rotatable bonds is 4. The van der Waals surface area contributed by atoms with Gasteiger partial charge >= 0.3 is 12.3 Å². The summed E-state index contributed by atoms with van der Waals surface area (Å²) >= 11 is 0. The molecule has 0 bridgehead atoms. The van der Waals surface area contributed by atoms with Crippen LogP contribution in [-0.4, -0.2) is 26.0 Å². The monoisotopic (exact) mass is 289 g/mol. The summed E-state index contributed by atoms with van der Waals surface area (Å²) in [6.45, 7) is 1.56. The van der Waals surface area contributed by atoms with Crippen molar-refractivity contribution in [2.75, 3.05) is 13.7 Å². The fourth-order valence-electron chi connectivity index (χ4n) is 1.46. The summed E-state index contributed by atoms with van der Waals surface area (Å²) in [6, 6.07) is 3.27. The van der Waals surface area contributed by atoms with Crippen LogP contribution in [-0.2, 0) is 4.74 Å². The molecule has 108 valence electrons. The first-order valence-corrected chi connectivity index (χ1v) is 5.37.